The zero-order chi connectivity index (χ0) is 20.6. The Hall–Kier alpha value is -1.52. The van der Waals surface area contributed by atoms with Crippen LogP contribution in [0.1, 0.15) is 31.2 Å². The number of aliphatic hydroxyl groups is 4. The van der Waals surface area contributed by atoms with Crippen molar-refractivity contribution in [1.82, 2.24) is 0 Å². The summed E-state index contributed by atoms with van der Waals surface area (Å²) in [5, 5.41) is 42.9. The molecule has 1 aliphatic rings. The van der Waals surface area contributed by atoms with Crippen LogP contribution in [0, 0.1) is 0 Å². The third-order valence-electron chi connectivity index (χ3n) is 3.98. The molecule has 0 spiro atoms. The Labute approximate surface area is 131 Å². The smallest absolute Gasteiger partial charge is 0.205 e. The molecule has 1 fully saturated rings. The van der Waals surface area contributed by atoms with Gasteiger partial charge < -0.3 is 44.3 Å². The second-order valence-electron chi connectivity index (χ2n) is 5.11. The highest BCUT2D eigenvalue weighted by Crippen LogP contribution is 2.50. The summed E-state index contributed by atoms with van der Waals surface area (Å²) in [5.41, 5.74) is -9.66. The van der Waals surface area contributed by atoms with Crippen molar-refractivity contribution >= 4 is 25.0 Å². The number of rotatable bonds is 8. The van der Waals surface area contributed by atoms with Crippen LogP contribution >= 0.6 is 0 Å². The normalized spacial score (nSPS) is 44.2. The maximum Gasteiger partial charge on any atom is 0.205 e. The summed E-state index contributed by atoms with van der Waals surface area (Å²) in [5.74, 6) is -3.19. The first kappa shape index (κ1) is 13.0. The molecule has 0 aromatic carbocycles. The van der Waals surface area contributed by atoms with Gasteiger partial charge in [-0.2, -0.15) is 0 Å². The molecule has 22 heavy (non-hydrogen) atoms. The van der Waals surface area contributed by atoms with Crippen molar-refractivity contribution in [3.63, 3.8) is 0 Å². The molecule has 0 aromatic heterocycles. The van der Waals surface area contributed by atoms with Crippen molar-refractivity contribution in [2.24, 2.45) is 0 Å². The summed E-state index contributed by atoms with van der Waals surface area (Å²) in [4.78, 5) is 44.8. The van der Waals surface area contributed by atoms with E-state index < -0.39 is 79.9 Å². The standard InChI is InChI=1S/C13H18O9/c14-5-1-10(18)9-22-13(21,4-8-17)12(20,3-7-16)11(10,19)2-6-15/h5-8,18-21H,1-4,9H2/t10-,11-,12+,13?/m1/s1/i5D,6D,7D,8D. The highest BCUT2D eigenvalue weighted by molar-refractivity contribution is 5.61. The van der Waals surface area contributed by atoms with E-state index in [1.807, 2.05) is 0 Å². The molecule has 124 valence electrons. The minimum Gasteiger partial charge on any atom is -0.384 e. The monoisotopic (exact) mass is 322 g/mol. The lowest BCUT2D eigenvalue weighted by atomic mass is 9.61. The molecule has 0 radical (unpaired) electrons. The molecule has 9 nitrogen and oxygen atoms in total. The van der Waals surface area contributed by atoms with Crippen LogP contribution in [0.3, 0.4) is 0 Å². The van der Waals surface area contributed by atoms with E-state index in [0.717, 1.165) is 0 Å². The Bertz CT molecular complexity index is 589. The number of hydrogen-bond donors (Lipinski definition) is 4. The topological polar surface area (TPSA) is 158 Å². The van der Waals surface area contributed by atoms with Crippen LogP contribution < -0.4 is 0 Å². The van der Waals surface area contributed by atoms with Gasteiger partial charge in [0.1, 0.15) is 41.7 Å². The van der Waals surface area contributed by atoms with Crippen molar-refractivity contribution in [2.45, 2.75) is 48.3 Å². The molecular formula is C13H18O9. The molecular weight excluding hydrogens is 300 g/mol. The minimum atomic E-state index is -3.42. The van der Waals surface area contributed by atoms with Gasteiger partial charge in [0.25, 0.3) is 0 Å². The van der Waals surface area contributed by atoms with Crippen LogP contribution in [0.5, 0.6) is 0 Å². The average Bonchev–Trinajstić information content (AvgIpc) is 2.40. The molecule has 4 N–H and O–H groups in total. The van der Waals surface area contributed by atoms with Crippen LogP contribution in [0.2, 0.25) is 0 Å². The SMILES string of the molecule is [2H]C(=O)CC1(O)OC[C@](O)(CC([2H])=O)[C@](O)(CC([2H])=O)[C@@]1(O)CC([2H])=O. The van der Waals surface area contributed by atoms with Gasteiger partial charge in [-0.3, -0.25) is 0 Å². The Morgan fingerprint density at radius 2 is 1.27 bits per heavy atom. The predicted molar refractivity (Wildman–Crippen MR) is 68.5 cm³/mol. The van der Waals surface area contributed by atoms with E-state index in [4.69, 9.17) is 10.2 Å². The summed E-state index contributed by atoms with van der Waals surface area (Å²) in [6.45, 7) is -1.18. The fourth-order valence-corrected chi connectivity index (χ4v) is 2.60. The predicted octanol–water partition coefficient (Wildman–Crippen LogP) is -2.75. The lowest BCUT2D eigenvalue weighted by molar-refractivity contribution is -0.413. The van der Waals surface area contributed by atoms with Crippen LogP contribution in [0.4, 0.5) is 0 Å². The molecule has 0 aliphatic carbocycles. The van der Waals surface area contributed by atoms with Gasteiger partial charge in [0.15, 0.2) is 5.60 Å². The van der Waals surface area contributed by atoms with Gasteiger partial charge >= 0.3 is 0 Å². The second-order valence-corrected chi connectivity index (χ2v) is 5.11. The zero-order valence-electron chi connectivity index (χ0n) is 15.4. The lowest BCUT2D eigenvalue weighted by Gasteiger charge is -2.60. The number of aldehydes is 4. The largest absolute Gasteiger partial charge is 0.384 e. The van der Waals surface area contributed by atoms with Crippen molar-refractivity contribution in [3.8, 4) is 0 Å². The molecule has 0 bridgehead atoms. The minimum absolute atomic E-state index is 1.18. The molecule has 4 atom stereocenters. The molecule has 1 rings (SSSR count). The van der Waals surface area contributed by atoms with Gasteiger partial charge in [0.2, 0.25) is 5.79 Å². The summed E-state index contributed by atoms with van der Waals surface area (Å²) >= 11 is 0. The van der Waals surface area contributed by atoms with Crippen LogP contribution in [-0.2, 0) is 23.9 Å². The summed E-state index contributed by atoms with van der Waals surface area (Å²) in [6.07, 6.45) is -11.7. The van der Waals surface area contributed by atoms with E-state index in [1.54, 1.807) is 0 Å². The second kappa shape index (κ2) is 6.31. The number of carbonyl (C=O) groups is 4. The Morgan fingerprint density at radius 1 is 0.818 bits per heavy atom. The highest BCUT2D eigenvalue weighted by Gasteiger charge is 2.73. The first-order valence-electron chi connectivity index (χ1n) is 8.14. The Kier molecular flexibility index (Phi) is 3.72. The van der Waals surface area contributed by atoms with Gasteiger partial charge in [-0.25, -0.2) is 0 Å². The molecule has 1 aliphatic heterocycles. The summed E-state index contributed by atoms with van der Waals surface area (Å²) < 4.78 is 32.7. The van der Waals surface area contributed by atoms with E-state index in [-0.39, 0.29) is 0 Å². The van der Waals surface area contributed by atoms with E-state index in [1.165, 1.54) is 0 Å². The maximum absolute atomic E-state index is 11.3. The fourth-order valence-electron chi connectivity index (χ4n) is 2.60. The first-order valence-corrected chi connectivity index (χ1v) is 6.14. The summed E-state index contributed by atoms with van der Waals surface area (Å²) in [6, 6.07) is 0. The van der Waals surface area contributed by atoms with E-state index in [0.29, 0.717) is 0 Å². The zero-order valence-corrected chi connectivity index (χ0v) is 11.4. The van der Waals surface area contributed by atoms with Gasteiger partial charge in [-0.05, 0) is 0 Å². The van der Waals surface area contributed by atoms with Gasteiger partial charge in [-0.15, -0.1) is 0 Å². The van der Waals surface area contributed by atoms with Crippen LogP contribution in [0.25, 0.3) is 0 Å². The van der Waals surface area contributed by atoms with Crippen molar-refractivity contribution in [3.05, 3.63) is 0 Å². The number of ether oxygens (including phenoxy) is 1. The van der Waals surface area contributed by atoms with E-state index in [2.05, 4.69) is 0 Å². The molecule has 0 saturated carbocycles. The van der Waals surface area contributed by atoms with Crippen LogP contribution in [0.15, 0.2) is 0 Å². The molecule has 0 aromatic rings. The van der Waals surface area contributed by atoms with Crippen molar-refractivity contribution in [1.29, 1.82) is 0 Å². The molecule has 0 amide bonds. The Morgan fingerprint density at radius 3 is 1.73 bits per heavy atom. The van der Waals surface area contributed by atoms with Gasteiger partial charge in [0.05, 0.1) is 13.0 Å². The number of carbonyl (C=O) groups excluding carboxylic acids is 4. The fraction of sp³-hybridized carbons (Fsp3) is 0.692. The summed E-state index contributed by atoms with van der Waals surface area (Å²) in [7, 11) is 0. The molecule has 9 heteroatoms. The highest BCUT2D eigenvalue weighted by atomic mass is 16.7. The molecule has 1 saturated heterocycles. The first-order chi connectivity index (χ1) is 11.6. The van der Waals surface area contributed by atoms with Crippen molar-refractivity contribution in [2.75, 3.05) is 6.61 Å². The molecule has 1 unspecified atom stereocenters. The van der Waals surface area contributed by atoms with Crippen LogP contribution in [-0.4, -0.2) is 74.7 Å². The van der Waals surface area contributed by atoms with Gasteiger partial charge in [-0.1, -0.05) is 0 Å². The van der Waals surface area contributed by atoms with E-state index >= 15 is 0 Å². The maximum atomic E-state index is 11.3. The number of hydrogen-bond acceptors (Lipinski definition) is 9. The lowest BCUT2D eigenvalue weighted by Crippen LogP contribution is -2.81. The van der Waals surface area contributed by atoms with Crippen molar-refractivity contribution < 1.29 is 49.8 Å². The Balaban J connectivity index is 3.70. The third-order valence-corrected chi connectivity index (χ3v) is 3.98. The molecule has 1 heterocycles. The third kappa shape index (κ3) is 2.40. The average molecular weight is 322 g/mol. The van der Waals surface area contributed by atoms with Gasteiger partial charge in [0, 0.05) is 19.3 Å². The quantitative estimate of drug-likeness (QED) is 0.348. The van der Waals surface area contributed by atoms with E-state index in [9.17, 15) is 39.6 Å².